The summed E-state index contributed by atoms with van der Waals surface area (Å²) in [5.41, 5.74) is 1.91. The first-order valence-electron chi connectivity index (χ1n) is 10.6. The predicted molar refractivity (Wildman–Crippen MR) is 129 cm³/mol. The number of hydrogen-bond donors (Lipinski definition) is 1. The summed E-state index contributed by atoms with van der Waals surface area (Å²) in [6, 6.07) is 1.86. The van der Waals surface area contributed by atoms with Gasteiger partial charge in [0.1, 0.15) is 5.54 Å². The van der Waals surface area contributed by atoms with Crippen LogP contribution in [0, 0.1) is 11.3 Å². The van der Waals surface area contributed by atoms with E-state index in [4.69, 9.17) is 33.6 Å². The molecule has 2 aromatic heterocycles. The molecule has 2 fully saturated rings. The fourth-order valence-electron chi connectivity index (χ4n) is 4.57. The minimum Gasteiger partial charge on any atom is -0.320 e. The van der Waals surface area contributed by atoms with Gasteiger partial charge in [-0.3, -0.25) is 20.0 Å². The first-order valence-corrected chi connectivity index (χ1v) is 12.2. The van der Waals surface area contributed by atoms with Crippen molar-refractivity contribution in [2.24, 2.45) is 5.92 Å². The topological polar surface area (TPSA) is 76.4 Å². The van der Waals surface area contributed by atoms with Crippen LogP contribution in [-0.2, 0) is 16.8 Å². The molecule has 168 valence electrons. The Balaban J connectivity index is 1.55. The Kier molecular flexibility index (Phi) is 5.03. The fourth-order valence-corrected chi connectivity index (χ4v) is 6.40. The number of anilines is 2. The van der Waals surface area contributed by atoms with Crippen molar-refractivity contribution in [3.63, 3.8) is 0 Å². The average molecular weight is 491 g/mol. The summed E-state index contributed by atoms with van der Waals surface area (Å²) in [6.45, 7) is 3.94. The van der Waals surface area contributed by atoms with Crippen molar-refractivity contribution in [1.29, 1.82) is 5.41 Å². The van der Waals surface area contributed by atoms with Crippen molar-refractivity contribution in [1.82, 2.24) is 14.9 Å². The highest BCUT2D eigenvalue weighted by Gasteiger charge is 2.61. The molecule has 1 saturated heterocycles. The van der Waals surface area contributed by atoms with Gasteiger partial charge in [0, 0.05) is 26.2 Å². The highest BCUT2D eigenvalue weighted by molar-refractivity contribution is 7.17. The van der Waals surface area contributed by atoms with Crippen molar-refractivity contribution in [2.75, 3.05) is 23.9 Å². The average Bonchev–Trinajstić information content (AvgIpc) is 3.56. The highest BCUT2D eigenvalue weighted by atomic mass is 35.5. The standard InChI is InChI=1S/C22H24Cl2N6OS/c1-5-13-16(24)17(12-6-7-12)27-21(26-13)28(3)9-8-22-11(2)19(31)29(4)20(25)30(22)14-10-15(23)32-18(14)22/h8-12,25H,5-7H2,1-4H3/b9-8+,25-20?/t11-,22-/m0/s1. The van der Waals surface area contributed by atoms with E-state index in [2.05, 4.69) is 4.98 Å². The number of carbonyl (C=O) groups is 1. The van der Waals surface area contributed by atoms with E-state index in [-0.39, 0.29) is 17.8 Å². The molecule has 0 spiro atoms. The lowest BCUT2D eigenvalue weighted by Gasteiger charge is -2.58. The number of aromatic nitrogens is 2. The predicted octanol–water partition coefficient (Wildman–Crippen LogP) is 4.99. The molecule has 10 heteroatoms. The molecule has 1 aliphatic carbocycles. The summed E-state index contributed by atoms with van der Waals surface area (Å²) in [7, 11) is 3.53. The second kappa shape index (κ2) is 7.43. The molecule has 2 atom stereocenters. The number of rotatable bonds is 5. The molecule has 0 bridgehead atoms. The molecule has 2 aliphatic heterocycles. The van der Waals surface area contributed by atoms with Gasteiger partial charge >= 0.3 is 0 Å². The van der Waals surface area contributed by atoms with Crippen LogP contribution in [-0.4, -0.2) is 40.8 Å². The normalized spacial score (nSPS) is 24.6. The number of aryl methyl sites for hydroxylation is 1. The van der Waals surface area contributed by atoms with E-state index in [1.165, 1.54) is 16.2 Å². The molecule has 3 aliphatic rings. The summed E-state index contributed by atoms with van der Waals surface area (Å²) < 4.78 is 0.642. The van der Waals surface area contributed by atoms with E-state index in [1.807, 2.05) is 49.0 Å². The zero-order valence-electron chi connectivity index (χ0n) is 18.3. The van der Waals surface area contributed by atoms with Crippen LogP contribution >= 0.6 is 34.5 Å². The van der Waals surface area contributed by atoms with Crippen molar-refractivity contribution >= 4 is 58.0 Å². The van der Waals surface area contributed by atoms with Crippen LogP contribution in [0.1, 0.15) is 48.9 Å². The largest absolute Gasteiger partial charge is 0.320 e. The third-order valence-electron chi connectivity index (χ3n) is 6.65. The van der Waals surface area contributed by atoms with E-state index in [9.17, 15) is 4.79 Å². The van der Waals surface area contributed by atoms with Gasteiger partial charge in [0.2, 0.25) is 17.8 Å². The first-order chi connectivity index (χ1) is 15.2. The molecule has 0 radical (unpaired) electrons. The summed E-state index contributed by atoms with van der Waals surface area (Å²) in [6.07, 6.45) is 6.82. The van der Waals surface area contributed by atoms with Gasteiger partial charge in [-0.2, -0.15) is 0 Å². The van der Waals surface area contributed by atoms with E-state index < -0.39 is 5.54 Å². The second-order valence-electron chi connectivity index (χ2n) is 8.59. The van der Waals surface area contributed by atoms with Crippen LogP contribution in [0.2, 0.25) is 9.36 Å². The van der Waals surface area contributed by atoms with E-state index in [0.29, 0.717) is 21.2 Å². The van der Waals surface area contributed by atoms with Gasteiger partial charge in [-0.1, -0.05) is 37.0 Å². The Morgan fingerprint density at radius 1 is 1.38 bits per heavy atom. The SMILES string of the molecule is CCc1nc(N(C)/C=C/[C@]23c4sc(Cl)cc4N2C(=N)N(C)C(=O)[C@@H]3C)nc(C2CC2)c1Cl. The van der Waals surface area contributed by atoms with Crippen LogP contribution in [0.3, 0.4) is 0 Å². The van der Waals surface area contributed by atoms with Crippen molar-refractivity contribution in [3.05, 3.63) is 44.0 Å². The van der Waals surface area contributed by atoms with Gasteiger partial charge in [0.15, 0.2) is 0 Å². The van der Waals surface area contributed by atoms with E-state index in [1.54, 1.807) is 7.05 Å². The first kappa shape index (κ1) is 21.7. The maximum Gasteiger partial charge on any atom is 0.234 e. The molecular formula is C22H24Cl2N6OS. The van der Waals surface area contributed by atoms with Gasteiger partial charge in [0.05, 0.1) is 37.2 Å². The Labute approximate surface area is 201 Å². The Bertz CT molecular complexity index is 1180. The minimum absolute atomic E-state index is 0.0965. The number of thiophene rings is 1. The lowest BCUT2D eigenvalue weighted by molar-refractivity contribution is -0.133. The number of guanidine groups is 1. The van der Waals surface area contributed by atoms with E-state index >= 15 is 0 Å². The molecule has 0 unspecified atom stereocenters. The monoisotopic (exact) mass is 490 g/mol. The molecule has 1 N–H and O–H groups in total. The third-order valence-corrected chi connectivity index (χ3v) is 8.45. The number of amides is 1. The van der Waals surface area contributed by atoms with Crippen LogP contribution in [0.4, 0.5) is 11.6 Å². The van der Waals surface area contributed by atoms with Crippen LogP contribution in [0.25, 0.3) is 0 Å². The van der Waals surface area contributed by atoms with Gasteiger partial charge in [-0.25, -0.2) is 9.97 Å². The number of hydrogen-bond acceptors (Lipinski definition) is 6. The summed E-state index contributed by atoms with van der Waals surface area (Å²) >= 11 is 14.3. The van der Waals surface area contributed by atoms with Crippen LogP contribution in [0.5, 0.6) is 0 Å². The Hall–Kier alpha value is -2.16. The van der Waals surface area contributed by atoms with Crippen LogP contribution in [0.15, 0.2) is 18.3 Å². The molecule has 1 saturated carbocycles. The smallest absolute Gasteiger partial charge is 0.234 e. The summed E-state index contributed by atoms with van der Waals surface area (Å²) in [5.74, 6) is 0.663. The summed E-state index contributed by atoms with van der Waals surface area (Å²) in [4.78, 5) is 28.5. The maximum atomic E-state index is 13.0. The highest BCUT2D eigenvalue weighted by Crippen LogP contribution is 2.60. The van der Waals surface area contributed by atoms with Gasteiger partial charge in [0.25, 0.3) is 0 Å². The number of fused-ring (bicyclic) bond motifs is 4. The lowest BCUT2D eigenvalue weighted by Crippen LogP contribution is -2.70. The molecule has 32 heavy (non-hydrogen) atoms. The van der Waals surface area contributed by atoms with Crippen molar-refractivity contribution in [2.45, 2.75) is 44.6 Å². The molecule has 5 rings (SSSR count). The zero-order valence-corrected chi connectivity index (χ0v) is 20.6. The minimum atomic E-state index is -0.749. The molecule has 4 heterocycles. The molecule has 0 aromatic carbocycles. The third kappa shape index (κ3) is 2.92. The molecular weight excluding hydrogens is 467 g/mol. The quantitative estimate of drug-likeness (QED) is 0.638. The molecule has 7 nitrogen and oxygen atoms in total. The number of halogens is 2. The molecule has 1 amide bonds. The van der Waals surface area contributed by atoms with Crippen molar-refractivity contribution in [3.8, 4) is 0 Å². The van der Waals surface area contributed by atoms with E-state index in [0.717, 1.165) is 41.2 Å². The molecule has 2 aromatic rings. The second-order valence-corrected chi connectivity index (χ2v) is 10.7. The number of nitrogens with zero attached hydrogens (tertiary/aromatic N) is 5. The summed E-state index contributed by atoms with van der Waals surface area (Å²) in [5, 5.41) is 9.26. The Morgan fingerprint density at radius 2 is 2.09 bits per heavy atom. The zero-order chi connectivity index (χ0) is 22.9. The Morgan fingerprint density at radius 3 is 2.75 bits per heavy atom. The van der Waals surface area contributed by atoms with Crippen LogP contribution < -0.4 is 9.80 Å². The van der Waals surface area contributed by atoms with Gasteiger partial charge in [-0.05, 0) is 31.4 Å². The maximum absolute atomic E-state index is 13.0. The number of nitrogens with one attached hydrogen (secondary N) is 1. The number of carbonyl (C=O) groups excluding carboxylic acids is 1. The van der Waals surface area contributed by atoms with Gasteiger partial charge < -0.3 is 4.90 Å². The van der Waals surface area contributed by atoms with Crippen molar-refractivity contribution < 1.29 is 4.79 Å². The van der Waals surface area contributed by atoms with Gasteiger partial charge in [-0.15, -0.1) is 11.3 Å². The fraction of sp³-hybridized carbons (Fsp3) is 0.455. The lowest BCUT2D eigenvalue weighted by atomic mass is 9.73.